The van der Waals surface area contributed by atoms with Crippen LogP contribution in [0, 0.1) is 16.7 Å². The maximum atomic E-state index is 13.8. The molecule has 4 heterocycles. The molecule has 5 aliphatic rings. The number of carbonyl (C=O) groups is 2. The fourth-order valence-electron chi connectivity index (χ4n) is 6.93. The summed E-state index contributed by atoms with van der Waals surface area (Å²) in [6.07, 6.45) is 3.69. The maximum absolute atomic E-state index is 13.8. The normalized spacial score (nSPS) is 38.4. The molecule has 4 atom stereocenters. The van der Waals surface area contributed by atoms with Crippen molar-refractivity contribution in [1.82, 2.24) is 4.90 Å². The molecule has 31 heavy (non-hydrogen) atoms. The second-order valence-corrected chi connectivity index (χ2v) is 11.3. The molecule has 4 fully saturated rings. The molecule has 2 saturated carbocycles. The van der Waals surface area contributed by atoms with Crippen LogP contribution in [0.15, 0.2) is 0 Å². The van der Waals surface area contributed by atoms with E-state index in [1.165, 1.54) is 17.8 Å². The Morgan fingerprint density at radius 1 is 1.16 bits per heavy atom. The minimum Gasteiger partial charge on any atom is -0.378 e. The van der Waals surface area contributed by atoms with E-state index in [1.54, 1.807) is 0 Å². The van der Waals surface area contributed by atoms with Gasteiger partial charge in [0.2, 0.25) is 0 Å². The number of rotatable bonds is 3. The van der Waals surface area contributed by atoms with E-state index < -0.39 is 5.60 Å². The summed E-state index contributed by atoms with van der Waals surface area (Å²) in [5.41, 5.74) is 0.828. The van der Waals surface area contributed by atoms with Crippen LogP contribution >= 0.6 is 11.3 Å². The van der Waals surface area contributed by atoms with Crippen LogP contribution in [-0.2, 0) is 32.0 Å². The lowest BCUT2D eigenvalue weighted by molar-refractivity contribution is -0.149. The summed E-state index contributed by atoms with van der Waals surface area (Å²) in [6, 6.07) is 0. The molecular formula is C23H30N2O5S. The lowest BCUT2D eigenvalue weighted by Crippen LogP contribution is -2.52. The molecule has 1 aromatic heterocycles. The summed E-state index contributed by atoms with van der Waals surface area (Å²) in [5.74, 6) is 0.458. The van der Waals surface area contributed by atoms with E-state index in [2.05, 4.69) is 19.2 Å². The largest absolute Gasteiger partial charge is 0.378 e. The Kier molecular flexibility index (Phi) is 4.39. The predicted molar refractivity (Wildman–Crippen MR) is 115 cm³/mol. The van der Waals surface area contributed by atoms with Crippen LogP contribution in [0.25, 0.3) is 0 Å². The average Bonchev–Trinajstić information content (AvgIpc) is 3.41. The highest BCUT2D eigenvalue weighted by Crippen LogP contribution is 2.75. The van der Waals surface area contributed by atoms with Gasteiger partial charge in [0.1, 0.15) is 5.00 Å². The van der Waals surface area contributed by atoms with Gasteiger partial charge in [0.25, 0.3) is 11.8 Å². The summed E-state index contributed by atoms with van der Waals surface area (Å²) in [4.78, 5) is 30.2. The van der Waals surface area contributed by atoms with Gasteiger partial charge in [-0.05, 0) is 37.2 Å². The molecule has 0 unspecified atom stereocenters. The number of hydrogen-bond donors (Lipinski definition) is 1. The smallest absolute Gasteiger partial charge is 0.257 e. The molecule has 168 valence electrons. The van der Waals surface area contributed by atoms with Crippen molar-refractivity contribution in [2.75, 3.05) is 44.8 Å². The zero-order chi connectivity index (χ0) is 21.4. The topological polar surface area (TPSA) is 77.1 Å². The molecule has 4 bridgehead atoms. The number of anilines is 1. The van der Waals surface area contributed by atoms with Crippen LogP contribution in [0.3, 0.4) is 0 Å². The minimum atomic E-state index is -0.787. The SMILES string of the molecule is C[C@]12CC[C@H]3C[C@@]1(C(=O)Nc1sc4c(c1C(=O)N1CCOCC1)CCOC4)OC[C@@]32C. The average molecular weight is 447 g/mol. The zero-order valence-electron chi connectivity index (χ0n) is 18.3. The zero-order valence-corrected chi connectivity index (χ0v) is 19.1. The number of nitrogens with one attached hydrogen (secondary N) is 1. The van der Waals surface area contributed by atoms with E-state index in [9.17, 15) is 9.59 Å². The van der Waals surface area contributed by atoms with Crippen molar-refractivity contribution in [2.45, 2.75) is 51.7 Å². The Hall–Kier alpha value is -1.48. The molecule has 7 nitrogen and oxygen atoms in total. The summed E-state index contributed by atoms with van der Waals surface area (Å²) < 4.78 is 17.4. The van der Waals surface area contributed by atoms with Crippen molar-refractivity contribution in [2.24, 2.45) is 16.7 Å². The number of ether oxygens (including phenoxy) is 3. The molecule has 1 aromatic rings. The predicted octanol–water partition coefficient (Wildman–Crippen LogP) is 2.83. The van der Waals surface area contributed by atoms with Crippen LogP contribution in [0.5, 0.6) is 0 Å². The highest BCUT2D eigenvalue weighted by Gasteiger charge is 2.78. The van der Waals surface area contributed by atoms with Gasteiger partial charge in [0.05, 0.1) is 38.6 Å². The van der Waals surface area contributed by atoms with E-state index in [0.29, 0.717) is 69.0 Å². The van der Waals surface area contributed by atoms with Crippen molar-refractivity contribution in [3.8, 4) is 0 Å². The van der Waals surface area contributed by atoms with Crippen molar-refractivity contribution >= 4 is 28.2 Å². The maximum Gasteiger partial charge on any atom is 0.257 e. The monoisotopic (exact) mass is 446 g/mol. The van der Waals surface area contributed by atoms with E-state index in [4.69, 9.17) is 14.2 Å². The second kappa shape index (κ2) is 6.76. The standard InChI is InChI=1S/C23H30N2O5S/c1-21-13-30-23(11-14(21)3-5-22(21,23)2)20(27)24-18-17(15-4-8-29-12-16(15)31-18)19(26)25-6-9-28-10-7-25/h14H,3-13H2,1-2H3,(H,24,27)/t14-,21-,22+,23-/m0/s1. The highest BCUT2D eigenvalue weighted by atomic mass is 32.1. The van der Waals surface area contributed by atoms with E-state index >= 15 is 0 Å². The van der Waals surface area contributed by atoms with Gasteiger partial charge in [-0.15, -0.1) is 11.3 Å². The lowest BCUT2D eigenvalue weighted by atomic mass is 9.66. The van der Waals surface area contributed by atoms with Crippen LogP contribution < -0.4 is 5.32 Å². The third kappa shape index (κ3) is 2.50. The van der Waals surface area contributed by atoms with Crippen LogP contribution in [0.4, 0.5) is 5.00 Å². The van der Waals surface area contributed by atoms with Gasteiger partial charge in [0, 0.05) is 28.8 Å². The number of nitrogens with zero attached hydrogens (tertiary/aromatic N) is 1. The molecule has 2 saturated heterocycles. The van der Waals surface area contributed by atoms with Crippen LogP contribution in [0.2, 0.25) is 0 Å². The molecule has 0 spiro atoms. The van der Waals surface area contributed by atoms with Crippen LogP contribution in [-0.4, -0.2) is 61.8 Å². The number of thiophene rings is 1. The van der Waals surface area contributed by atoms with E-state index in [1.807, 2.05) is 4.90 Å². The van der Waals surface area contributed by atoms with Gasteiger partial charge in [-0.2, -0.15) is 0 Å². The molecule has 3 aliphatic heterocycles. The Balaban J connectivity index is 1.35. The Morgan fingerprint density at radius 3 is 2.71 bits per heavy atom. The van der Waals surface area contributed by atoms with Gasteiger partial charge in [-0.3, -0.25) is 9.59 Å². The minimum absolute atomic E-state index is 0.00756. The van der Waals surface area contributed by atoms with Crippen molar-refractivity contribution in [3.63, 3.8) is 0 Å². The van der Waals surface area contributed by atoms with Gasteiger partial charge in [0.15, 0.2) is 5.60 Å². The number of carbonyl (C=O) groups excluding carboxylic acids is 2. The third-order valence-corrected chi connectivity index (χ3v) is 10.2. The first-order valence-corrected chi connectivity index (χ1v) is 12.3. The fourth-order valence-corrected chi connectivity index (χ4v) is 8.11. The molecule has 2 aliphatic carbocycles. The van der Waals surface area contributed by atoms with E-state index in [0.717, 1.165) is 23.3 Å². The molecular weight excluding hydrogens is 416 g/mol. The van der Waals surface area contributed by atoms with Crippen molar-refractivity contribution in [1.29, 1.82) is 0 Å². The number of fused-ring (bicyclic) bond motifs is 1. The van der Waals surface area contributed by atoms with Gasteiger partial charge in [-0.25, -0.2) is 0 Å². The van der Waals surface area contributed by atoms with Crippen molar-refractivity contribution in [3.05, 3.63) is 16.0 Å². The summed E-state index contributed by atoms with van der Waals surface area (Å²) in [5, 5.41) is 3.86. The lowest BCUT2D eigenvalue weighted by Gasteiger charge is -2.40. The van der Waals surface area contributed by atoms with Gasteiger partial charge < -0.3 is 24.4 Å². The van der Waals surface area contributed by atoms with Gasteiger partial charge >= 0.3 is 0 Å². The molecule has 0 radical (unpaired) electrons. The summed E-state index contributed by atoms with van der Waals surface area (Å²) in [7, 11) is 0. The fraction of sp³-hybridized carbons (Fsp3) is 0.739. The van der Waals surface area contributed by atoms with Crippen molar-refractivity contribution < 1.29 is 23.8 Å². The summed E-state index contributed by atoms with van der Waals surface area (Å²) in [6.45, 7) is 8.55. The molecule has 2 amide bonds. The molecule has 8 heteroatoms. The number of morpholine rings is 1. The molecule has 6 rings (SSSR count). The quantitative estimate of drug-likeness (QED) is 0.773. The number of amides is 2. The first-order chi connectivity index (χ1) is 14.9. The first kappa shape index (κ1) is 20.1. The highest BCUT2D eigenvalue weighted by molar-refractivity contribution is 7.17. The number of hydrogen-bond acceptors (Lipinski definition) is 6. The third-order valence-electron chi connectivity index (χ3n) is 9.12. The Bertz CT molecular complexity index is 956. The Labute approximate surface area is 186 Å². The van der Waals surface area contributed by atoms with Crippen LogP contribution in [0.1, 0.15) is 53.9 Å². The van der Waals surface area contributed by atoms with Gasteiger partial charge in [-0.1, -0.05) is 13.8 Å². The summed E-state index contributed by atoms with van der Waals surface area (Å²) >= 11 is 1.49. The van der Waals surface area contributed by atoms with E-state index in [-0.39, 0.29) is 22.6 Å². The molecule has 0 aromatic carbocycles. The molecule has 1 N–H and O–H groups in total. The first-order valence-electron chi connectivity index (χ1n) is 11.4. The Morgan fingerprint density at radius 2 is 1.97 bits per heavy atom. The second-order valence-electron chi connectivity index (χ2n) is 10.2.